The topological polar surface area (TPSA) is 17.1 Å². The average Bonchev–Trinajstić information content (AvgIpc) is 2.24. The molecule has 0 saturated heterocycles. The lowest BCUT2D eigenvalue weighted by atomic mass is 9.94. The largest absolute Gasteiger partial charge is 0.417 e. The molecule has 0 heterocycles. The van der Waals surface area contributed by atoms with Gasteiger partial charge in [-0.05, 0) is 31.0 Å². The van der Waals surface area contributed by atoms with Gasteiger partial charge in [0.25, 0.3) is 0 Å². The third-order valence-corrected chi connectivity index (χ3v) is 2.61. The summed E-state index contributed by atoms with van der Waals surface area (Å²) in [5, 5.41) is 0. The van der Waals surface area contributed by atoms with Gasteiger partial charge in [0.15, 0.2) is 5.78 Å². The van der Waals surface area contributed by atoms with Gasteiger partial charge in [-0.25, -0.2) is 0 Å². The van der Waals surface area contributed by atoms with Gasteiger partial charge in [-0.3, -0.25) is 4.79 Å². The van der Waals surface area contributed by atoms with Gasteiger partial charge in [0, 0.05) is 5.56 Å². The standard InChI is InChI=1S/C12H10F6O/c1-3-7-4-8(6(2)19)10(12(16,17)18)5-9(7)11(13,14)15/h4-5H,3H2,1-2H3. The minimum absolute atomic E-state index is 0.00949. The quantitative estimate of drug-likeness (QED) is 0.577. The van der Waals surface area contributed by atoms with Crippen LogP contribution in [0.2, 0.25) is 0 Å². The number of hydrogen-bond acceptors (Lipinski definition) is 1. The van der Waals surface area contributed by atoms with E-state index < -0.39 is 34.8 Å². The van der Waals surface area contributed by atoms with Gasteiger partial charge in [0.1, 0.15) is 0 Å². The van der Waals surface area contributed by atoms with Crippen molar-refractivity contribution in [3.63, 3.8) is 0 Å². The molecule has 0 aromatic heterocycles. The first-order chi connectivity index (χ1) is 8.48. The summed E-state index contributed by atoms with van der Waals surface area (Å²) in [5.41, 5.74) is -3.97. The molecule has 0 spiro atoms. The third kappa shape index (κ3) is 3.27. The van der Waals surface area contributed by atoms with E-state index in [1.807, 2.05) is 0 Å². The lowest BCUT2D eigenvalue weighted by Gasteiger charge is -2.18. The molecular formula is C12H10F6O. The van der Waals surface area contributed by atoms with Crippen LogP contribution in [-0.4, -0.2) is 5.78 Å². The van der Waals surface area contributed by atoms with E-state index >= 15 is 0 Å². The second kappa shape index (κ2) is 4.86. The van der Waals surface area contributed by atoms with Crippen LogP contribution in [0.25, 0.3) is 0 Å². The predicted octanol–water partition coefficient (Wildman–Crippen LogP) is 4.49. The molecule has 7 heteroatoms. The zero-order chi connectivity index (χ0) is 15.0. The van der Waals surface area contributed by atoms with Crippen molar-refractivity contribution in [1.29, 1.82) is 0 Å². The van der Waals surface area contributed by atoms with Crippen molar-refractivity contribution in [2.75, 3.05) is 0 Å². The molecule has 0 atom stereocenters. The molecule has 1 nitrogen and oxygen atoms in total. The Bertz CT molecular complexity index is 498. The molecule has 0 aliphatic heterocycles. The minimum atomic E-state index is -5.01. The first-order valence-corrected chi connectivity index (χ1v) is 5.30. The molecule has 0 fully saturated rings. The highest BCUT2D eigenvalue weighted by Crippen LogP contribution is 2.39. The number of alkyl halides is 6. The van der Waals surface area contributed by atoms with Crippen LogP contribution >= 0.6 is 0 Å². The molecule has 1 rings (SSSR count). The highest BCUT2D eigenvalue weighted by molar-refractivity contribution is 5.96. The third-order valence-electron chi connectivity index (χ3n) is 2.61. The SMILES string of the molecule is CCc1cc(C(C)=O)c(C(F)(F)F)cc1C(F)(F)F. The molecule has 0 amide bonds. The molecule has 106 valence electrons. The predicted molar refractivity (Wildman–Crippen MR) is 55.8 cm³/mol. The van der Waals surface area contributed by atoms with E-state index in [0.717, 1.165) is 6.92 Å². The summed E-state index contributed by atoms with van der Waals surface area (Å²) in [7, 11) is 0. The van der Waals surface area contributed by atoms with Gasteiger partial charge >= 0.3 is 12.4 Å². The number of carbonyl (C=O) groups is 1. The Morgan fingerprint density at radius 1 is 1.00 bits per heavy atom. The van der Waals surface area contributed by atoms with Crippen LogP contribution in [0.5, 0.6) is 0 Å². The fourth-order valence-electron chi connectivity index (χ4n) is 1.73. The van der Waals surface area contributed by atoms with Crippen molar-refractivity contribution in [2.24, 2.45) is 0 Å². The van der Waals surface area contributed by atoms with Crippen molar-refractivity contribution in [3.05, 3.63) is 34.4 Å². The van der Waals surface area contributed by atoms with Crippen LogP contribution in [0, 0.1) is 0 Å². The Kier molecular flexibility index (Phi) is 3.97. The number of ketones is 1. The Balaban J connectivity index is 3.67. The van der Waals surface area contributed by atoms with E-state index in [9.17, 15) is 31.1 Å². The zero-order valence-corrected chi connectivity index (χ0v) is 10.0. The summed E-state index contributed by atoms with van der Waals surface area (Å²) in [5.74, 6) is -0.921. The smallest absolute Gasteiger partial charge is 0.294 e. The zero-order valence-electron chi connectivity index (χ0n) is 10.0. The lowest BCUT2D eigenvalue weighted by Crippen LogP contribution is -2.17. The minimum Gasteiger partial charge on any atom is -0.294 e. The van der Waals surface area contributed by atoms with Crippen molar-refractivity contribution < 1.29 is 31.1 Å². The maximum atomic E-state index is 12.7. The molecule has 0 radical (unpaired) electrons. The number of carbonyl (C=O) groups excluding carboxylic acids is 1. The summed E-state index contributed by atoms with van der Waals surface area (Å²) in [6.45, 7) is 2.26. The highest BCUT2D eigenvalue weighted by atomic mass is 19.4. The van der Waals surface area contributed by atoms with Gasteiger partial charge in [0.05, 0.1) is 11.1 Å². The Labute approximate surface area is 105 Å². The van der Waals surface area contributed by atoms with E-state index in [1.54, 1.807) is 0 Å². The van der Waals surface area contributed by atoms with Crippen molar-refractivity contribution in [3.8, 4) is 0 Å². The number of hydrogen-bond donors (Lipinski definition) is 0. The van der Waals surface area contributed by atoms with E-state index in [1.165, 1.54) is 6.92 Å². The van der Waals surface area contributed by atoms with Crippen LogP contribution in [0.3, 0.4) is 0 Å². The second-order valence-corrected chi connectivity index (χ2v) is 3.96. The molecule has 0 aliphatic rings. The maximum absolute atomic E-state index is 12.7. The molecular weight excluding hydrogens is 274 g/mol. The molecule has 1 aromatic rings. The molecule has 0 bridgehead atoms. The number of benzene rings is 1. The first-order valence-electron chi connectivity index (χ1n) is 5.30. The number of rotatable bonds is 2. The monoisotopic (exact) mass is 284 g/mol. The first kappa shape index (κ1) is 15.5. The van der Waals surface area contributed by atoms with Crippen LogP contribution in [0.15, 0.2) is 12.1 Å². The van der Waals surface area contributed by atoms with Crippen molar-refractivity contribution in [2.45, 2.75) is 32.6 Å². The summed E-state index contributed by atoms with van der Waals surface area (Å²) < 4.78 is 76.1. The number of aryl methyl sites for hydroxylation is 1. The van der Waals surface area contributed by atoms with Gasteiger partial charge in [-0.1, -0.05) is 6.92 Å². The summed E-state index contributed by atoms with van der Waals surface area (Å²) in [4.78, 5) is 11.2. The summed E-state index contributed by atoms with van der Waals surface area (Å²) in [6, 6.07) is 0.684. The van der Waals surface area contributed by atoms with Crippen LogP contribution in [0.1, 0.15) is 40.9 Å². The van der Waals surface area contributed by atoms with E-state index in [4.69, 9.17) is 0 Å². The number of Topliss-reactive ketones (excluding diaryl/α,β-unsaturated/α-hetero) is 1. The normalized spacial score (nSPS) is 12.6. The van der Waals surface area contributed by atoms with Crippen LogP contribution < -0.4 is 0 Å². The average molecular weight is 284 g/mol. The van der Waals surface area contributed by atoms with Crippen LogP contribution in [-0.2, 0) is 18.8 Å². The summed E-state index contributed by atoms with van der Waals surface area (Å²) >= 11 is 0. The van der Waals surface area contributed by atoms with Gasteiger partial charge in [-0.15, -0.1) is 0 Å². The Hall–Kier alpha value is -1.53. The molecule has 0 saturated carbocycles. The van der Waals surface area contributed by atoms with E-state index in [-0.39, 0.29) is 18.1 Å². The molecule has 1 aromatic carbocycles. The second-order valence-electron chi connectivity index (χ2n) is 3.96. The lowest BCUT2D eigenvalue weighted by molar-refractivity contribution is -0.143. The Morgan fingerprint density at radius 3 is 1.79 bits per heavy atom. The Morgan fingerprint density at radius 2 is 1.47 bits per heavy atom. The van der Waals surface area contributed by atoms with Gasteiger partial charge in [-0.2, -0.15) is 26.3 Å². The van der Waals surface area contributed by atoms with Gasteiger partial charge in [0.2, 0.25) is 0 Å². The molecule has 0 N–H and O–H groups in total. The maximum Gasteiger partial charge on any atom is 0.417 e. The van der Waals surface area contributed by atoms with Gasteiger partial charge < -0.3 is 0 Å². The molecule has 19 heavy (non-hydrogen) atoms. The van der Waals surface area contributed by atoms with Crippen molar-refractivity contribution in [1.82, 2.24) is 0 Å². The number of halogens is 6. The van der Waals surface area contributed by atoms with E-state index in [2.05, 4.69) is 0 Å². The van der Waals surface area contributed by atoms with Crippen molar-refractivity contribution >= 4 is 5.78 Å². The summed E-state index contributed by atoms with van der Waals surface area (Å²) in [6.07, 6.45) is -10.0. The fraction of sp³-hybridized carbons (Fsp3) is 0.417. The molecule has 0 unspecified atom stereocenters. The fourth-order valence-corrected chi connectivity index (χ4v) is 1.73. The molecule has 0 aliphatic carbocycles. The highest BCUT2D eigenvalue weighted by Gasteiger charge is 2.40. The van der Waals surface area contributed by atoms with Crippen LogP contribution in [0.4, 0.5) is 26.3 Å². The van der Waals surface area contributed by atoms with E-state index in [0.29, 0.717) is 6.07 Å².